The predicted molar refractivity (Wildman–Crippen MR) is 82.8 cm³/mol. The van der Waals surface area contributed by atoms with Crippen LogP contribution in [0.1, 0.15) is 37.7 Å². The van der Waals surface area contributed by atoms with Crippen LogP contribution in [0.15, 0.2) is 24.3 Å². The summed E-state index contributed by atoms with van der Waals surface area (Å²) in [5, 5.41) is 12.0. The zero-order valence-corrected chi connectivity index (χ0v) is 12.9. The molecule has 0 atom stereocenters. The van der Waals surface area contributed by atoms with Crippen LogP contribution in [0.3, 0.4) is 0 Å². The number of hydrogen-bond acceptors (Lipinski definition) is 3. The van der Waals surface area contributed by atoms with Gasteiger partial charge in [0.05, 0.1) is 13.0 Å². The second kappa shape index (κ2) is 7.82. The molecule has 1 aromatic rings. The molecular formula is C17H23NO4. The summed E-state index contributed by atoms with van der Waals surface area (Å²) in [6.07, 6.45) is 3.96. The fourth-order valence-corrected chi connectivity index (χ4v) is 2.83. The van der Waals surface area contributed by atoms with Crippen LogP contribution in [0.5, 0.6) is 5.75 Å². The molecule has 0 spiro atoms. The lowest BCUT2D eigenvalue weighted by Gasteiger charge is -2.26. The van der Waals surface area contributed by atoms with E-state index in [9.17, 15) is 9.59 Å². The van der Waals surface area contributed by atoms with Crippen LogP contribution in [0.25, 0.3) is 0 Å². The summed E-state index contributed by atoms with van der Waals surface area (Å²) >= 11 is 0. The molecule has 5 nitrogen and oxygen atoms in total. The highest BCUT2D eigenvalue weighted by Crippen LogP contribution is 2.24. The minimum Gasteiger partial charge on any atom is -0.497 e. The second-order valence-electron chi connectivity index (χ2n) is 5.80. The third kappa shape index (κ3) is 4.76. The molecule has 1 aromatic carbocycles. The summed E-state index contributed by atoms with van der Waals surface area (Å²) in [7, 11) is 1.63. The van der Waals surface area contributed by atoms with E-state index in [4.69, 9.17) is 9.84 Å². The average Bonchev–Trinajstić information content (AvgIpc) is 2.54. The minimum atomic E-state index is -0.718. The van der Waals surface area contributed by atoms with Crippen molar-refractivity contribution in [3.8, 4) is 5.75 Å². The van der Waals surface area contributed by atoms with Crippen LogP contribution < -0.4 is 10.1 Å². The fourth-order valence-electron chi connectivity index (χ4n) is 2.83. The van der Waals surface area contributed by atoms with Gasteiger partial charge >= 0.3 is 5.97 Å². The van der Waals surface area contributed by atoms with Crippen molar-refractivity contribution in [1.82, 2.24) is 5.32 Å². The van der Waals surface area contributed by atoms with E-state index in [1.807, 2.05) is 24.3 Å². The summed E-state index contributed by atoms with van der Waals surface area (Å²) in [5.74, 6) is -0.116. The number of carbonyl (C=O) groups is 2. The Kier molecular flexibility index (Phi) is 5.81. The van der Waals surface area contributed by atoms with E-state index in [2.05, 4.69) is 5.32 Å². The lowest BCUT2D eigenvalue weighted by atomic mass is 9.86. The summed E-state index contributed by atoms with van der Waals surface area (Å²) in [4.78, 5) is 22.9. The van der Waals surface area contributed by atoms with Crippen LogP contribution in [0.2, 0.25) is 0 Å². The Labute approximate surface area is 130 Å². The molecule has 1 aliphatic carbocycles. The van der Waals surface area contributed by atoms with Gasteiger partial charge in [-0.15, -0.1) is 0 Å². The number of aryl methyl sites for hydroxylation is 1. The van der Waals surface area contributed by atoms with Gasteiger partial charge < -0.3 is 15.2 Å². The number of nitrogens with one attached hydrogen (secondary N) is 1. The zero-order chi connectivity index (χ0) is 15.9. The SMILES string of the molecule is COc1ccc(CCC(=O)NC2CCC(C(=O)O)CC2)cc1. The van der Waals surface area contributed by atoms with Crippen LogP contribution in [-0.4, -0.2) is 30.1 Å². The van der Waals surface area contributed by atoms with Gasteiger partial charge in [0.2, 0.25) is 5.91 Å². The number of benzene rings is 1. The van der Waals surface area contributed by atoms with Crippen LogP contribution >= 0.6 is 0 Å². The van der Waals surface area contributed by atoms with Crippen molar-refractivity contribution < 1.29 is 19.4 Å². The first-order valence-corrected chi connectivity index (χ1v) is 7.73. The number of carbonyl (C=O) groups excluding carboxylic acids is 1. The Morgan fingerprint density at radius 1 is 1.18 bits per heavy atom. The lowest BCUT2D eigenvalue weighted by molar-refractivity contribution is -0.142. The summed E-state index contributed by atoms with van der Waals surface area (Å²) in [6, 6.07) is 7.83. The summed E-state index contributed by atoms with van der Waals surface area (Å²) < 4.78 is 5.10. The molecule has 0 bridgehead atoms. The van der Waals surface area contributed by atoms with Gasteiger partial charge in [-0.3, -0.25) is 9.59 Å². The fraction of sp³-hybridized carbons (Fsp3) is 0.529. The maximum absolute atomic E-state index is 12.0. The first kappa shape index (κ1) is 16.3. The van der Waals surface area contributed by atoms with Crippen molar-refractivity contribution in [2.75, 3.05) is 7.11 Å². The third-order valence-corrected chi connectivity index (χ3v) is 4.24. The maximum Gasteiger partial charge on any atom is 0.306 e. The van der Waals surface area contributed by atoms with Gasteiger partial charge in [0, 0.05) is 12.5 Å². The van der Waals surface area contributed by atoms with Crippen molar-refractivity contribution in [1.29, 1.82) is 0 Å². The molecule has 0 unspecified atom stereocenters. The highest BCUT2D eigenvalue weighted by molar-refractivity contribution is 5.76. The number of rotatable bonds is 6. The number of hydrogen-bond donors (Lipinski definition) is 2. The van der Waals surface area contributed by atoms with Crippen molar-refractivity contribution >= 4 is 11.9 Å². The highest BCUT2D eigenvalue weighted by Gasteiger charge is 2.26. The van der Waals surface area contributed by atoms with E-state index in [0.717, 1.165) is 24.2 Å². The molecule has 2 N–H and O–H groups in total. The molecule has 0 radical (unpaired) electrons. The number of carboxylic acid groups (broad SMARTS) is 1. The van der Waals surface area contributed by atoms with Crippen molar-refractivity contribution in [3.63, 3.8) is 0 Å². The van der Waals surface area contributed by atoms with E-state index in [1.54, 1.807) is 7.11 Å². The number of ether oxygens (including phenoxy) is 1. The molecular weight excluding hydrogens is 282 g/mol. The standard InChI is InChI=1S/C17H23NO4/c1-22-15-9-2-12(3-10-15)4-11-16(19)18-14-7-5-13(6-8-14)17(20)21/h2-3,9-10,13-14H,4-8,11H2,1H3,(H,18,19)(H,20,21). The van der Waals surface area contributed by atoms with Gasteiger partial charge in [-0.1, -0.05) is 12.1 Å². The normalized spacial score (nSPS) is 21.1. The largest absolute Gasteiger partial charge is 0.497 e. The molecule has 0 saturated heterocycles. The van der Waals surface area contributed by atoms with Gasteiger partial charge in [-0.2, -0.15) is 0 Å². The van der Waals surface area contributed by atoms with E-state index >= 15 is 0 Å². The zero-order valence-electron chi connectivity index (χ0n) is 12.9. The van der Waals surface area contributed by atoms with Crippen LogP contribution in [0, 0.1) is 5.92 Å². The third-order valence-electron chi connectivity index (χ3n) is 4.24. The van der Waals surface area contributed by atoms with Gasteiger partial charge in [0.15, 0.2) is 0 Å². The summed E-state index contributed by atoms with van der Waals surface area (Å²) in [6.45, 7) is 0. The van der Waals surface area contributed by atoms with E-state index in [0.29, 0.717) is 25.7 Å². The molecule has 2 rings (SSSR count). The van der Waals surface area contributed by atoms with E-state index in [-0.39, 0.29) is 17.9 Å². The maximum atomic E-state index is 12.0. The monoisotopic (exact) mass is 305 g/mol. The number of amides is 1. The van der Waals surface area contributed by atoms with Crippen molar-refractivity contribution in [3.05, 3.63) is 29.8 Å². The lowest BCUT2D eigenvalue weighted by Crippen LogP contribution is -2.38. The molecule has 5 heteroatoms. The average molecular weight is 305 g/mol. The van der Waals surface area contributed by atoms with E-state index in [1.165, 1.54) is 0 Å². The minimum absolute atomic E-state index is 0.0367. The Morgan fingerprint density at radius 2 is 1.82 bits per heavy atom. The molecule has 1 fully saturated rings. The van der Waals surface area contributed by atoms with Crippen LogP contribution in [0.4, 0.5) is 0 Å². The topological polar surface area (TPSA) is 75.6 Å². The molecule has 1 amide bonds. The predicted octanol–water partition coefficient (Wildman–Crippen LogP) is 2.39. The molecule has 120 valence electrons. The Hall–Kier alpha value is -2.04. The Bertz CT molecular complexity index is 504. The summed E-state index contributed by atoms with van der Waals surface area (Å²) in [5.41, 5.74) is 1.10. The molecule has 0 aromatic heterocycles. The molecule has 0 heterocycles. The van der Waals surface area contributed by atoms with Gasteiger partial charge in [-0.25, -0.2) is 0 Å². The van der Waals surface area contributed by atoms with E-state index < -0.39 is 5.97 Å². The molecule has 1 aliphatic rings. The molecule has 22 heavy (non-hydrogen) atoms. The highest BCUT2D eigenvalue weighted by atomic mass is 16.5. The van der Waals surface area contributed by atoms with Gasteiger partial charge in [0.1, 0.15) is 5.75 Å². The molecule has 0 aliphatic heterocycles. The number of methoxy groups -OCH3 is 1. The quantitative estimate of drug-likeness (QED) is 0.846. The number of aliphatic carboxylic acids is 1. The van der Waals surface area contributed by atoms with Crippen molar-refractivity contribution in [2.45, 2.75) is 44.6 Å². The van der Waals surface area contributed by atoms with Gasteiger partial charge in [-0.05, 0) is 49.8 Å². The Balaban J connectivity index is 1.70. The van der Waals surface area contributed by atoms with Crippen LogP contribution in [-0.2, 0) is 16.0 Å². The second-order valence-corrected chi connectivity index (χ2v) is 5.80. The molecule has 1 saturated carbocycles. The Morgan fingerprint density at radius 3 is 2.36 bits per heavy atom. The first-order valence-electron chi connectivity index (χ1n) is 7.73. The smallest absolute Gasteiger partial charge is 0.306 e. The first-order chi connectivity index (χ1) is 10.6. The van der Waals surface area contributed by atoms with Gasteiger partial charge in [0.25, 0.3) is 0 Å². The van der Waals surface area contributed by atoms with Crippen molar-refractivity contribution in [2.24, 2.45) is 5.92 Å². The number of carboxylic acids is 1.